The molecule has 0 radical (unpaired) electrons. The molecular weight excluding hydrogens is 306 g/mol. The lowest BCUT2D eigenvalue weighted by molar-refractivity contribution is 0.0698. The van der Waals surface area contributed by atoms with Crippen LogP contribution in [0.25, 0.3) is 0 Å². The van der Waals surface area contributed by atoms with Crippen molar-refractivity contribution in [1.82, 2.24) is 0 Å². The molecule has 0 aromatic heterocycles. The SMILES string of the molecule is CC(Nc1ccc(Br)cc1C(=O)O)c1ccccc1. The first-order valence-corrected chi connectivity index (χ1v) is 6.71. The Bertz CT molecular complexity index is 584. The van der Waals surface area contributed by atoms with E-state index in [1.54, 1.807) is 12.1 Å². The molecule has 0 heterocycles. The molecule has 0 bridgehead atoms. The molecule has 2 aromatic carbocycles. The topological polar surface area (TPSA) is 49.3 Å². The van der Waals surface area contributed by atoms with E-state index in [0.29, 0.717) is 5.69 Å². The van der Waals surface area contributed by atoms with Gasteiger partial charge >= 0.3 is 5.97 Å². The minimum atomic E-state index is -0.941. The van der Waals surface area contributed by atoms with E-state index in [0.717, 1.165) is 10.0 Å². The Morgan fingerprint density at radius 3 is 2.53 bits per heavy atom. The predicted molar refractivity (Wildman–Crippen MR) is 79.6 cm³/mol. The summed E-state index contributed by atoms with van der Waals surface area (Å²) in [6.07, 6.45) is 0. The first-order valence-electron chi connectivity index (χ1n) is 5.92. The fourth-order valence-electron chi connectivity index (χ4n) is 1.88. The van der Waals surface area contributed by atoms with Gasteiger partial charge in [0.25, 0.3) is 0 Å². The average Bonchev–Trinajstić information content (AvgIpc) is 2.41. The van der Waals surface area contributed by atoms with Gasteiger partial charge in [-0.15, -0.1) is 0 Å². The zero-order valence-electron chi connectivity index (χ0n) is 10.4. The smallest absolute Gasteiger partial charge is 0.337 e. The van der Waals surface area contributed by atoms with Gasteiger partial charge in [-0.3, -0.25) is 0 Å². The molecule has 19 heavy (non-hydrogen) atoms. The van der Waals surface area contributed by atoms with Gasteiger partial charge in [-0.25, -0.2) is 4.79 Å². The van der Waals surface area contributed by atoms with Gasteiger partial charge in [0, 0.05) is 16.2 Å². The third kappa shape index (κ3) is 3.35. The molecule has 2 aromatic rings. The van der Waals surface area contributed by atoms with Crippen LogP contribution in [0.3, 0.4) is 0 Å². The number of carboxylic acids is 1. The summed E-state index contributed by atoms with van der Waals surface area (Å²) in [5.41, 5.74) is 1.99. The second kappa shape index (κ2) is 5.89. The van der Waals surface area contributed by atoms with Crippen LogP contribution in [0.15, 0.2) is 53.0 Å². The standard InChI is InChI=1S/C15H14BrNO2/c1-10(11-5-3-2-4-6-11)17-14-8-7-12(16)9-13(14)15(18)19/h2-10,17H,1H3,(H,18,19). The maximum atomic E-state index is 11.2. The molecule has 0 aliphatic heterocycles. The molecule has 0 aliphatic carbocycles. The fourth-order valence-corrected chi connectivity index (χ4v) is 2.24. The molecular formula is C15H14BrNO2. The number of benzene rings is 2. The molecule has 98 valence electrons. The summed E-state index contributed by atoms with van der Waals surface area (Å²) in [6.45, 7) is 2.00. The van der Waals surface area contributed by atoms with Gasteiger partial charge in [-0.1, -0.05) is 46.3 Å². The summed E-state index contributed by atoms with van der Waals surface area (Å²) in [5.74, 6) is -0.941. The lowest BCUT2D eigenvalue weighted by Gasteiger charge is -2.17. The van der Waals surface area contributed by atoms with Gasteiger partial charge in [-0.2, -0.15) is 0 Å². The summed E-state index contributed by atoms with van der Waals surface area (Å²) in [7, 11) is 0. The number of anilines is 1. The van der Waals surface area contributed by atoms with Gasteiger partial charge < -0.3 is 10.4 Å². The summed E-state index contributed by atoms with van der Waals surface area (Å²) in [6, 6.07) is 15.1. The number of carboxylic acid groups (broad SMARTS) is 1. The van der Waals surface area contributed by atoms with E-state index in [-0.39, 0.29) is 11.6 Å². The van der Waals surface area contributed by atoms with E-state index < -0.39 is 5.97 Å². The van der Waals surface area contributed by atoms with Crippen LogP contribution >= 0.6 is 15.9 Å². The first-order chi connectivity index (χ1) is 9.08. The van der Waals surface area contributed by atoms with Gasteiger partial charge in [0.1, 0.15) is 0 Å². The van der Waals surface area contributed by atoms with Crippen molar-refractivity contribution < 1.29 is 9.90 Å². The van der Waals surface area contributed by atoms with Crippen LogP contribution in [0.5, 0.6) is 0 Å². The lowest BCUT2D eigenvalue weighted by Crippen LogP contribution is -2.10. The van der Waals surface area contributed by atoms with Crippen molar-refractivity contribution in [3.05, 3.63) is 64.1 Å². The highest BCUT2D eigenvalue weighted by Crippen LogP contribution is 2.25. The van der Waals surface area contributed by atoms with Crippen LogP contribution in [0.4, 0.5) is 5.69 Å². The van der Waals surface area contributed by atoms with E-state index in [2.05, 4.69) is 21.2 Å². The Balaban J connectivity index is 2.26. The number of carbonyl (C=O) groups is 1. The van der Waals surface area contributed by atoms with Gasteiger partial charge in [0.15, 0.2) is 0 Å². The molecule has 1 unspecified atom stereocenters. The second-order valence-electron chi connectivity index (χ2n) is 4.27. The Labute approximate surface area is 120 Å². The van der Waals surface area contributed by atoms with E-state index in [1.165, 1.54) is 0 Å². The van der Waals surface area contributed by atoms with Crippen LogP contribution in [-0.2, 0) is 0 Å². The normalized spacial score (nSPS) is 11.9. The molecule has 0 saturated carbocycles. The van der Waals surface area contributed by atoms with Gasteiger partial charge in [0.2, 0.25) is 0 Å². The molecule has 0 fully saturated rings. The Hall–Kier alpha value is -1.81. The third-order valence-corrected chi connectivity index (χ3v) is 3.38. The van der Waals surface area contributed by atoms with Crippen LogP contribution in [0, 0.1) is 0 Å². The zero-order chi connectivity index (χ0) is 13.8. The maximum Gasteiger partial charge on any atom is 0.337 e. The average molecular weight is 320 g/mol. The van der Waals surface area contributed by atoms with Gasteiger partial charge in [-0.05, 0) is 30.7 Å². The molecule has 0 amide bonds. The zero-order valence-corrected chi connectivity index (χ0v) is 12.0. The largest absolute Gasteiger partial charge is 0.478 e. The van der Waals surface area contributed by atoms with Crippen molar-refractivity contribution in [1.29, 1.82) is 0 Å². The van der Waals surface area contributed by atoms with Crippen molar-refractivity contribution >= 4 is 27.6 Å². The van der Waals surface area contributed by atoms with E-state index in [1.807, 2.05) is 43.3 Å². The molecule has 2 rings (SSSR count). The molecule has 3 nitrogen and oxygen atoms in total. The Morgan fingerprint density at radius 2 is 1.89 bits per heavy atom. The van der Waals surface area contributed by atoms with Crippen LogP contribution in [0.2, 0.25) is 0 Å². The number of aromatic carboxylic acids is 1. The Morgan fingerprint density at radius 1 is 1.21 bits per heavy atom. The van der Waals surface area contributed by atoms with Crippen LogP contribution in [-0.4, -0.2) is 11.1 Å². The molecule has 0 spiro atoms. The molecule has 2 N–H and O–H groups in total. The number of nitrogens with one attached hydrogen (secondary N) is 1. The van der Waals surface area contributed by atoms with Crippen molar-refractivity contribution in [3.8, 4) is 0 Å². The quantitative estimate of drug-likeness (QED) is 0.882. The highest BCUT2D eigenvalue weighted by molar-refractivity contribution is 9.10. The summed E-state index contributed by atoms with van der Waals surface area (Å²) in [5, 5.41) is 12.4. The number of hydrogen-bond acceptors (Lipinski definition) is 2. The summed E-state index contributed by atoms with van der Waals surface area (Å²) in [4.78, 5) is 11.2. The van der Waals surface area contributed by atoms with E-state index in [4.69, 9.17) is 0 Å². The second-order valence-corrected chi connectivity index (χ2v) is 5.19. The predicted octanol–water partition coefficient (Wildman–Crippen LogP) is 4.32. The van der Waals surface area contributed by atoms with E-state index >= 15 is 0 Å². The fraction of sp³-hybridized carbons (Fsp3) is 0.133. The number of rotatable bonds is 4. The lowest BCUT2D eigenvalue weighted by atomic mass is 10.1. The number of hydrogen-bond donors (Lipinski definition) is 2. The van der Waals surface area contributed by atoms with Crippen molar-refractivity contribution in [2.45, 2.75) is 13.0 Å². The minimum absolute atomic E-state index is 0.0421. The van der Waals surface area contributed by atoms with E-state index in [9.17, 15) is 9.90 Å². The van der Waals surface area contributed by atoms with Crippen molar-refractivity contribution in [2.24, 2.45) is 0 Å². The summed E-state index contributed by atoms with van der Waals surface area (Å²) < 4.78 is 0.753. The molecule has 0 aliphatic rings. The maximum absolute atomic E-state index is 11.2. The van der Waals surface area contributed by atoms with Crippen molar-refractivity contribution in [2.75, 3.05) is 5.32 Å². The highest BCUT2D eigenvalue weighted by atomic mass is 79.9. The number of halogens is 1. The van der Waals surface area contributed by atoms with Crippen molar-refractivity contribution in [3.63, 3.8) is 0 Å². The third-order valence-electron chi connectivity index (χ3n) is 2.88. The Kier molecular flexibility index (Phi) is 4.22. The summed E-state index contributed by atoms with van der Waals surface area (Å²) >= 11 is 3.28. The minimum Gasteiger partial charge on any atom is -0.478 e. The van der Waals surface area contributed by atoms with Crippen LogP contribution < -0.4 is 5.32 Å². The molecule has 0 saturated heterocycles. The highest BCUT2D eigenvalue weighted by Gasteiger charge is 2.13. The molecule has 4 heteroatoms. The monoisotopic (exact) mass is 319 g/mol. The van der Waals surface area contributed by atoms with Gasteiger partial charge in [0.05, 0.1) is 5.56 Å². The van der Waals surface area contributed by atoms with Crippen LogP contribution in [0.1, 0.15) is 28.9 Å². The first kappa shape index (κ1) is 13.6. The molecule has 1 atom stereocenters.